The van der Waals surface area contributed by atoms with Gasteiger partial charge in [-0.25, -0.2) is 0 Å². The maximum Gasteiger partial charge on any atom is 0.00796 e. The van der Waals surface area contributed by atoms with E-state index in [9.17, 15) is 0 Å². The number of rotatable bonds is 12. The first-order chi connectivity index (χ1) is 9.60. The average molecular weight is 280 g/mol. The summed E-state index contributed by atoms with van der Waals surface area (Å²) in [6.07, 6.45) is 8.55. The first-order valence-corrected chi connectivity index (χ1v) is 8.42. The first kappa shape index (κ1) is 19.4. The van der Waals surface area contributed by atoms with Crippen molar-refractivity contribution < 1.29 is 0 Å². The molecule has 0 radical (unpaired) electrons. The van der Waals surface area contributed by atoms with Crippen LogP contribution < -0.4 is 10.6 Å². The van der Waals surface area contributed by atoms with E-state index in [1.54, 1.807) is 0 Å². The van der Waals surface area contributed by atoms with Crippen LogP contribution in [-0.4, -0.2) is 26.2 Å². The molecule has 0 unspecified atom stereocenters. The van der Waals surface area contributed by atoms with E-state index in [-0.39, 0.29) is 5.41 Å². The van der Waals surface area contributed by atoms with Gasteiger partial charge in [-0.2, -0.15) is 0 Å². The standard InChI is InChI=1S/C18H36N2/c1-6-9-12-18(7-2,13-11-17(4)5)16-20-15-10-14-19-8-3/h13,19-20H,6-10,12,14-16H2,1-5H3/t18-/m0/s1. The van der Waals surface area contributed by atoms with Crippen molar-refractivity contribution in [3.63, 3.8) is 0 Å². The van der Waals surface area contributed by atoms with Crippen LogP contribution in [0.25, 0.3) is 0 Å². The van der Waals surface area contributed by atoms with Gasteiger partial charge in [0.1, 0.15) is 0 Å². The fourth-order valence-corrected chi connectivity index (χ4v) is 2.29. The molecule has 0 saturated carbocycles. The number of hydrogen-bond acceptors (Lipinski definition) is 2. The minimum Gasteiger partial charge on any atom is -0.317 e. The first-order valence-electron chi connectivity index (χ1n) is 8.42. The Morgan fingerprint density at radius 1 is 1.05 bits per heavy atom. The summed E-state index contributed by atoms with van der Waals surface area (Å²) in [5, 5.41) is 7.02. The molecule has 0 amide bonds. The Labute approximate surface area is 127 Å². The molecular weight excluding hydrogens is 244 g/mol. The van der Waals surface area contributed by atoms with Crippen molar-refractivity contribution in [3.05, 3.63) is 17.4 Å². The summed E-state index contributed by atoms with van der Waals surface area (Å²) < 4.78 is 0. The molecule has 0 fully saturated rings. The molecular formula is C18H36N2. The minimum absolute atomic E-state index is 0.283. The van der Waals surface area contributed by atoms with Gasteiger partial charge in [0.05, 0.1) is 0 Å². The highest BCUT2D eigenvalue weighted by molar-refractivity contribution is 5.04. The maximum absolute atomic E-state index is 3.65. The van der Waals surface area contributed by atoms with E-state index in [0.717, 1.165) is 26.2 Å². The largest absolute Gasteiger partial charge is 0.317 e. The Morgan fingerprint density at radius 3 is 2.30 bits per heavy atom. The molecule has 20 heavy (non-hydrogen) atoms. The second-order valence-electron chi connectivity index (χ2n) is 5.99. The summed E-state index contributed by atoms with van der Waals surface area (Å²) in [6.45, 7) is 15.3. The molecule has 0 saturated heterocycles. The van der Waals surface area contributed by atoms with Crippen molar-refractivity contribution in [1.82, 2.24) is 10.6 Å². The molecule has 0 rings (SSSR count). The number of unbranched alkanes of at least 4 members (excludes halogenated alkanes) is 1. The predicted molar refractivity (Wildman–Crippen MR) is 91.2 cm³/mol. The van der Waals surface area contributed by atoms with E-state index in [2.05, 4.69) is 57.1 Å². The van der Waals surface area contributed by atoms with Crippen molar-refractivity contribution in [3.8, 4) is 0 Å². The third kappa shape index (κ3) is 9.36. The fourth-order valence-electron chi connectivity index (χ4n) is 2.29. The topological polar surface area (TPSA) is 24.1 Å². The molecule has 0 aliphatic heterocycles. The highest BCUT2D eigenvalue weighted by atomic mass is 14.9. The average Bonchev–Trinajstić information content (AvgIpc) is 2.45. The van der Waals surface area contributed by atoms with Crippen LogP contribution >= 0.6 is 0 Å². The van der Waals surface area contributed by atoms with Gasteiger partial charge in [0.25, 0.3) is 0 Å². The molecule has 2 N–H and O–H groups in total. The SMILES string of the molecule is CCCC[C@](C=C=C(C)C)(CC)CNCCCNCC. The van der Waals surface area contributed by atoms with Crippen LogP contribution in [0.1, 0.15) is 66.7 Å². The molecule has 0 aliphatic carbocycles. The van der Waals surface area contributed by atoms with E-state index in [4.69, 9.17) is 0 Å². The zero-order valence-corrected chi connectivity index (χ0v) is 14.4. The van der Waals surface area contributed by atoms with Gasteiger partial charge in [-0.1, -0.05) is 33.6 Å². The van der Waals surface area contributed by atoms with Gasteiger partial charge in [-0.3, -0.25) is 0 Å². The molecule has 0 aromatic carbocycles. The molecule has 2 heteroatoms. The second kappa shape index (κ2) is 12.2. The smallest absolute Gasteiger partial charge is 0.00796 e. The van der Waals surface area contributed by atoms with Crippen molar-refractivity contribution in [2.24, 2.45) is 5.41 Å². The second-order valence-corrected chi connectivity index (χ2v) is 5.99. The van der Waals surface area contributed by atoms with Gasteiger partial charge >= 0.3 is 0 Å². The van der Waals surface area contributed by atoms with Gasteiger partial charge < -0.3 is 10.6 Å². The number of nitrogens with one attached hydrogen (secondary N) is 2. The molecule has 0 heterocycles. The minimum atomic E-state index is 0.283. The van der Waals surface area contributed by atoms with E-state index < -0.39 is 0 Å². The Hall–Kier alpha value is -0.560. The maximum atomic E-state index is 3.65. The van der Waals surface area contributed by atoms with Gasteiger partial charge in [0, 0.05) is 12.0 Å². The number of hydrogen-bond donors (Lipinski definition) is 2. The van der Waals surface area contributed by atoms with Crippen molar-refractivity contribution in [2.45, 2.75) is 66.7 Å². The summed E-state index contributed by atoms with van der Waals surface area (Å²) in [5.74, 6) is 0. The van der Waals surface area contributed by atoms with Crippen LogP contribution in [0, 0.1) is 5.41 Å². The molecule has 0 aliphatic rings. The Morgan fingerprint density at radius 2 is 1.75 bits per heavy atom. The molecule has 118 valence electrons. The lowest BCUT2D eigenvalue weighted by Crippen LogP contribution is -2.34. The summed E-state index contributed by atoms with van der Waals surface area (Å²) in [4.78, 5) is 0. The highest BCUT2D eigenvalue weighted by Crippen LogP contribution is 2.29. The summed E-state index contributed by atoms with van der Waals surface area (Å²) in [6, 6.07) is 0. The van der Waals surface area contributed by atoms with Crippen LogP contribution in [0.3, 0.4) is 0 Å². The monoisotopic (exact) mass is 280 g/mol. The van der Waals surface area contributed by atoms with Crippen LogP contribution in [0.5, 0.6) is 0 Å². The van der Waals surface area contributed by atoms with Crippen LogP contribution in [-0.2, 0) is 0 Å². The fraction of sp³-hybridized carbons (Fsp3) is 0.833. The van der Waals surface area contributed by atoms with Crippen LogP contribution in [0.4, 0.5) is 0 Å². The Bertz CT molecular complexity index is 286. The third-order valence-corrected chi connectivity index (χ3v) is 3.83. The zero-order valence-electron chi connectivity index (χ0n) is 14.4. The lowest BCUT2D eigenvalue weighted by atomic mass is 9.80. The molecule has 0 aromatic heterocycles. The highest BCUT2D eigenvalue weighted by Gasteiger charge is 2.23. The van der Waals surface area contributed by atoms with Crippen molar-refractivity contribution >= 4 is 0 Å². The van der Waals surface area contributed by atoms with E-state index in [1.807, 2.05) is 0 Å². The molecule has 0 bridgehead atoms. The summed E-state index contributed by atoms with van der Waals surface area (Å²) in [7, 11) is 0. The Kier molecular flexibility index (Phi) is 11.9. The molecule has 0 spiro atoms. The van der Waals surface area contributed by atoms with Gasteiger partial charge in [-0.15, -0.1) is 5.73 Å². The zero-order chi connectivity index (χ0) is 15.3. The van der Waals surface area contributed by atoms with E-state index >= 15 is 0 Å². The molecule has 1 atom stereocenters. The van der Waals surface area contributed by atoms with Crippen molar-refractivity contribution in [1.29, 1.82) is 0 Å². The van der Waals surface area contributed by atoms with E-state index in [1.165, 1.54) is 37.7 Å². The summed E-state index contributed by atoms with van der Waals surface area (Å²) >= 11 is 0. The van der Waals surface area contributed by atoms with Crippen LogP contribution in [0.2, 0.25) is 0 Å². The van der Waals surface area contributed by atoms with Gasteiger partial charge in [-0.05, 0) is 64.4 Å². The third-order valence-electron chi connectivity index (χ3n) is 3.83. The van der Waals surface area contributed by atoms with E-state index in [0.29, 0.717) is 0 Å². The van der Waals surface area contributed by atoms with Gasteiger partial charge in [0.2, 0.25) is 0 Å². The van der Waals surface area contributed by atoms with Gasteiger partial charge in [0.15, 0.2) is 0 Å². The normalized spacial score (nSPS) is 13.7. The quantitative estimate of drug-likeness (QED) is 0.412. The van der Waals surface area contributed by atoms with Crippen molar-refractivity contribution in [2.75, 3.05) is 26.2 Å². The van der Waals surface area contributed by atoms with Crippen LogP contribution in [0.15, 0.2) is 17.4 Å². The molecule has 2 nitrogen and oxygen atoms in total. The lowest BCUT2D eigenvalue weighted by molar-refractivity contribution is 0.307. The predicted octanol–water partition coefficient (Wildman–Crippen LogP) is 4.28. The summed E-state index contributed by atoms with van der Waals surface area (Å²) in [5.41, 5.74) is 5.00. The molecule has 0 aromatic rings. The lowest BCUT2D eigenvalue weighted by Gasteiger charge is -2.29. The Balaban J connectivity index is 4.40.